The number of rotatable bonds is 6. The van der Waals surface area contributed by atoms with Crippen molar-refractivity contribution in [2.24, 2.45) is 0 Å². The Morgan fingerprint density at radius 2 is 2.31 bits per heavy atom. The Morgan fingerprint density at radius 1 is 1.56 bits per heavy atom. The fourth-order valence-electron chi connectivity index (χ4n) is 1.42. The van der Waals surface area contributed by atoms with Gasteiger partial charge < -0.3 is 10.4 Å². The number of benzene rings is 1. The number of phenols is 1. The van der Waals surface area contributed by atoms with E-state index in [0.29, 0.717) is 12.6 Å². The van der Waals surface area contributed by atoms with E-state index in [1.54, 1.807) is 6.07 Å². The van der Waals surface area contributed by atoms with Gasteiger partial charge in [-0.1, -0.05) is 12.1 Å². The summed E-state index contributed by atoms with van der Waals surface area (Å²) in [6, 6.07) is 4.81. The Kier molecular flexibility index (Phi) is 4.99. The lowest BCUT2D eigenvalue weighted by atomic mass is 10.1. The van der Waals surface area contributed by atoms with Gasteiger partial charge in [0.15, 0.2) is 11.6 Å². The van der Waals surface area contributed by atoms with E-state index in [-0.39, 0.29) is 5.75 Å². The lowest BCUT2D eigenvalue weighted by Gasteiger charge is -2.12. The Balaban J connectivity index is 2.42. The highest BCUT2D eigenvalue weighted by Crippen LogP contribution is 2.16. The highest BCUT2D eigenvalue weighted by Gasteiger charge is 2.03. The van der Waals surface area contributed by atoms with Crippen molar-refractivity contribution in [2.75, 3.05) is 0 Å². The number of hydrogen-bond acceptors (Lipinski definition) is 2. The monoisotopic (exact) mass is 223 g/mol. The zero-order chi connectivity index (χ0) is 12.0. The van der Waals surface area contributed by atoms with Crippen LogP contribution in [0.5, 0.6) is 5.75 Å². The first kappa shape index (κ1) is 12.7. The summed E-state index contributed by atoms with van der Waals surface area (Å²) in [6.45, 7) is 6.36. The Bertz CT molecular complexity index is 352. The summed E-state index contributed by atoms with van der Waals surface area (Å²) < 4.78 is 13.0. The number of allylic oxidation sites excluding steroid dienone is 1. The van der Waals surface area contributed by atoms with Gasteiger partial charge in [0.2, 0.25) is 0 Å². The zero-order valence-corrected chi connectivity index (χ0v) is 9.54. The second kappa shape index (κ2) is 6.28. The minimum absolute atomic E-state index is 0.302. The molecule has 1 unspecified atom stereocenters. The van der Waals surface area contributed by atoms with Crippen LogP contribution in [-0.4, -0.2) is 11.1 Å². The minimum Gasteiger partial charge on any atom is -0.505 e. The molecule has 0 bridgehead atoms. The summed E-state index contributed by atoms with van der Waals surface area (Å²) in [5.74, 6) is -0.874. The van der Waals surface area contributed by atoms with E-state index in [0.717, 1.165) is 18.4 Å². The Labute approximate surface area is 95.8 Å². The van der Waals surface area contributed by atoms with Gasteiger partial charge in [0, 0.05) is 12.6 Å². The standard InChI is InChI=1S/C13H18FNO/c1-3-4-5-10(2)15-9-11-6-7-13(16)12(14)8-11/h3,6-8,10,15-16H,1,4-5,9H2,2H3. The van der Waals surface area contributed by atoms with Gasteiger partial charge in [0.1, 0.15) is 0 Å². The van der Waals surface area contributed by atoms with Crippen molar-refractivity contribution in [2.45, 2.75) is 32.4 Å². The summed E-state index contributed by atoms with van der Waals surface area (Å²) in [5, 5.41) is 12.3. The summed E-state index contributed by atoms with van der Waals surface area (Å²) in [6.07, 6.45) is 3.88. The molecule has 0 aromatic heterocycles. The SMILES string of the molecule is C=CCCC(C)NCc1ccc(O)c(F)c1. The Morgan fingerprint density at radius 3 is 2.94 bits per heavy atom. The fraction of sp³-hybridized carbons (Fsp3) is 0.385. The van der Waals surface area contributed by atoms with Gasteiger partial charge in [-0.2, -0.15) is 0 Å². The highest BCUT2D eigenvalue weighted by atomic mass is 19.1. The van der Waals surface area contributed by atoms with Crippen LogP contribution in [0.2, 0.25) is 0 Å². The zero-order valence-electron chi connectivity index (χ0n) is 9.54. The third kappa shape index (κ3) is 4.03. The second-order valence-electron chi connectivity index (χ2n) is 3.93. The van der Waals surface area contributed by atoms with Gasteiger partial charge in [-0.3, -0.25) is 0 Å². The molecule has 1 atom stereocenters. The first-order valence-corrected chi connectivity index (χ1v) is 5.45. The van der Waals surface area contributed by atoms with E-state index in [4.69, 9.17) is 5.11 Å². The lowest BCUT2D eigenvalue weighted by Crippen LogP contribution is -2.25. The second-order valence-corrected chi connectivity index (χ2v) is 3.93. The van der Waals surface area contributed by atoms with Gasteiger partial charge >= 0.3 is 0 Å². The van der Waals surface area contributed by atoms with Crippen molar-refractivity contribution in [3.8, 4) is 5.75 Å². The summed E-state index contributed by atoms with van der Waals surface area (Å²) >= 11 is 0. The molecule has 0 aliphatic rings. The predicted octanol–water partition coefficient (Wildman–Crippen LogP) is 2.98. The first-order chi connectivity index (χ1) is 7.63. The number of aromatic hydroxyl groups is 1. The number of hydrogen-bond donors (Lipinski definition) is 2. The molecule has 0 aliphatic heterocycles. The van der Waals surface area contributed by atoms with Crippen LogP contribution in [-0.2, 0) is 6.54 Å². The van der Waals surface area contributed by atoms with Crippen molar-refractivity contribution in [3.63, 3.8) is 0 Å². The molecule has 16 heavy (non-hydrogen) atoms. The maximum atomic E-state index is 13.0. The van der Waals surface area contributed by atoms with Gasteiger partial charge in [-0.25, -0.2) is 4.39 Å². The van der Waals surface area contributed by atoms with Crippen LogP contribution >= 0.6 is 0 Å². The van der Waals surface area contributed by atoms with E-state index in [2.05, 4.69) is 18.8 Å². The summed E-state index contributed by atoms with van der Waals surface area (Å²) in [7, 11) is 0. The van der Waals surface area contributed by atoms with Gasteiger partial charge in [-0.15, -0.1) is 6.58 Å². The molecule has 0 radical (unpaired) electrons. The normalized spacial score (nSPS) is 12.4. The molecule has 1 aromatic rings. The van der Waals surface area contributed by atoms with Crippen LogP contribution in [0.25, 0.3) is 0 Å². The molecule has 0 spiro atoms. The average Bonchev–Trinajstić information content (AvgIpc) is 2.28. The molecule has 1 aromatic carbocycles. The van der Waals surface area contributed by atoms with Gasteiger partial charge in [0.05, 0.1) is 0 Å². The van der Waals surface area contributed by atoms with E-state index >= 15 is 0 Å². The molecular formula is C13H18FNO. The minimum atomic E-state index is -0.571. The third-order valence-corrected chi connectivity index (χ3v) is 2.47. The van der Waals surface area contributed by atoms with Crippen LogP contribution in [0.3, 0.4) is 0 Å². The molecule has 2 nitrogen and oxygen atoms in total. The molecule has 0 amide bonds. The fourth-order valence-corrected chi connectivity index (χ4v) is 1.42. The van der Waals surface area contributed by atoms with E-state index in [1.807, 2.05) is 6.08 Å². The van der Waals surface area contributed by atoms with Crippen molar-refractivity contribution in [3.05, 3.63) is 42.2 Å². The van der Waals surface area contributed by atoms with Crippen molar-refractivity contribution < 1.29 is 9.50 Å². The first-order valence-electron chi connectivity index (χ1n) is 5.45. The molecule has 1 rings (SSSR count). The third-order valence-electron chi connectivity index (χ3n) is 2.47. The molecule has 2 N–H and O–H groups in total. The molecule has 0 saturated carbocycles. The van der Waals surface area contributed by atoms with Crippen LogP contribution in [0.1, 0.15) is 25.3 Å². The van der Waals surface area contributed by atoms with Crippen LogP contribution in [0.15, 0.2) is 30.9 Å². The summed E-state index contributed by atoms with van der Waals surface area (Å²) in [5.41, 5.74) is 0.834. The van der Waals surface area contributed by atoms with Crippen molar-refractivity contribution >= 4 is 0 Å². The largest absolute Gasteiger partial charge is 0.505 e. The molecular weight excluding hydrogens is 205 g/mol. The molecule has 0 saturated heterocycles. The quantitative estimate of drug-likeness (QED) is 0.727. The van der Waals surface area contributed by atoms with Gasteiger partial charge in [0.25, 0.3) is 0 Å². The van der Waals surface area contributed by atoms with Crippen molar-refractivity contribution in [1.29, 1.82) is 0 Å². The molecule has 88 valence electrons. The van der Waals surface area contributed by atoms with Crippen molar-refractivity contribution in [1.82, 2.24) is 5.32 Å². The highest BCUT2D eigenvalue weighted by molar-refractivity contribution is 5.27. The Hall–Kier alpha value is -1.35. The molecule has 0 fully saturated rings. The van der Waals surface area contributed by atoms with E-state index in [1.165, 1.54) is 12.1 Å². The topological polar surface area (TPSA) is 32.3 Å². The molecule has 3 heteroatoms. The molecule has 0 heterocycles. The maximum absolute atomic E-state index is 13.0. The number of nitrogens with one attached hydrogen (secondary N) is 1. The number of phenolic OH excluding ortho intramolecular Hbond substituents is 1. The number of halogens is 1. The van der Waals surface area contributed by atoms with Gasteiger partial charge in [-0.05, 0) is 37.5 Å². The molecule has 0 aliphatic carbocycles. The van der Waals surface area contributed by atoms with E-state index < -0.39 is 5.82 Å². The lowest BCUT2D eigenvalue weighted by molar-refractivity contribution is 0.431. The smallest absolute Gasteiger partial charge is 0.165 e. The van der Waals surface area contributed by atoms with E-state index in [9.17, 15) is 4.39 Å². The average molecular weight is 223 g/mol. The maximum Gasteiger partial charge on any atom is 0.165 e. The van der Waals surface area contributed by atoms with Crippen LogP contribution < -0.4 is 5.32 Å². The van der Waals surface area contributed by atoms with Crippen LogP contribution in [0.4, 0.5) is 4.39 Å². The van der Waals surface area contributed by atoms with Crippen LogP contribution in [0, 0.1) is 5.82 Å². The summed E-state index contributed by atoms with van der Waals surface area (Å²) in [4.78, 5) is 0. The predicted molar refractivity (Wildman–Crippen MR) is 63.8 cm³/mol.